The van der Waals surface area contributed by atoms with Crippen LogP contribution in [0, 0.1) is 6.92 Å². The van der Waals surface area contributed by atoms with Gasteiger partial charge in [-0.05, 0) is 43.5 Å². The Morgan fingerprint density at radius 2 is 1.91 bits per heavy atom. The number of hydrogen-bond donors (Lipinski definition) is 4. The molecule has 6 N–H and O–H groups in total. The number of nitrogen functional groups attached to an aromatic ring is 1. The first-order valence-corrected chi connectivity index (χ1v) is 10.7. The number of para-hydroxylation sites is 1. The van der Waals surface area contributed by atoms with Crippen molar-refractivity contribution in [3.63, 3.8) is 0 Å². The largest absolute Gasteiger partial charge is 0.395 e. The van der Waals surface area contributed by atoms with E-state index < -0.39 is 11.5 Å². The zero-order chi connectivity index (χ0) is 24.0. The van der Waals surface area contributed by atoms with Crippen LogP contribution in [0.3, 0.4) is 0 Å². The summed E-state index contributed by atoms with van der Waals surface area (Å²) in [6, 6.07) is 10.9. The number of nitrogens with two attached hydrogens (primary N) is 2. The molecule has 0 saturated heterocycles. The van der Waals surface area contributed by atoms with Crippen LogP contribution >= 0.6 is 0 Å². The van der Waals surface area contributed by atoms with Crippen LogP contribution in [-0.4, -0.2) is 44.7 Å². The molecule has 1 aliphatic carbocycles. The molecule has 4 aromatic rings. The molecule has 10 heteroatoms. The molecule has 1 aliphatic rings. The third-order valence-corrected chi connectivity index (χ3v) is 6.17. The Hall–Kier alpha value is -4.31. The molecule has 5 rings (SSSR count). The third-order valence-electron chi connectivity index (χ3n) is 6.17. The summed E-state index contributed by atoms with van der Waals surface area (Å²) in [7, 11) is 1.52. The molecule has 2 heterocycles. The summed E-state index contributed by atoms with van der Waals surface area (Å²) in [4.78, 5) is 34.2. The molecule has 172 valence electrons. The zero-order valence-electron chi connectivity index (χ0n) is 18.7. The van der Waals surface area contributed by atoms with Crippen molar-refractivity contribution in [2.75, 3.05) is 18.2 Å². The highest BCUT2D eigenvalue weighted by Gasteiger charge is 2.50. The lowest BCUT2D eigenvalue weighted by molar-refractivity contribution is -0.128. The van der Waals surface area contributed by atoms with E-state index >= 15 is 0 Å². The van der Waals surface area contributed by atoms with Crippen molar-refractivity contribution >= 4 is 34.1 Å². The Morgan fingerprint density at radius 3 is 2.62 bits per heavy atom. The first-order chi connectivity index (χ1) is 16.3. The fourth-order valence-corrected chi connectivity index (χ4v) is 4.07. The van der Waals surface area contributed by atoms with Gasteiger partial charge in [0.25, 0.3) is 11.8 Å². The number of nitrogens with one attached hydrogen (secondary N) is 2. The number of fused-ring (bicyclic) bond motifs is 1. The maximum Gasteiger partial charge on any atom is 0.269 e. The number of aromatic nitrogens is 4. The maximum absolute atomic E-state index is 12.8. The number of amides is 2. The Kier molecular flexibility index (Phi) is 5.02. The second-order valence-corrected chi connectivity index (χ2v) is 8.31. The van der Waals surface area contributed by atoms with E-state index in [4.69, 9.17) is 21.2 Å². The van der Waals surface area contributed by atoms with Crippen molar-refractivity contribution in [3.8, 4) is 22.6 Å². The quantitative estimate of drug-likeness (QED) is 0.346. The molecule has 2 amide bonds. The minimum Gasteiger partial charge on any atom is -0.395 e. The number of primary amides is 1. The van der Waals surface area contributed by atoms with Crippen LogP contribution < -0.4 is 16.8 Å². The number of anilines is 2. The lowest BCUT2D eigenvalue weighted by atomic mass is 9.99. The van der Waals surface area contributed by atoms with Gasteiger partial charge in [-0.1, -0.05) is 18.2 Å². The van der Waals surface area contributed by atoms with Crippen LogP contribution in [-0.2, 0) is 9.53 Å². The number of carbonyl (C=O) groups excluding carboxylic acids is 2. The highest BCUT2D eigenvalue weighted by Crippen LogP contribution is 2.41. The predicted molar refractivity (Wildman–Crippen MR) is 128 cm³/mol. The van der Waals surface area contributed by atoms with Gasteiger partial charge in [0.15, 0.2) is 11.5 Å². The summed E-state index contributed by atoms with van der Waals surface area (Å²) in [6.45, 7) is 1.92. The van der Waals surface area contributed by atoms with Crippen LogP contribution in [0.25, 0.3) is 33.5 Å². The molecule has 0 aliphatic heterocycles. The smallest absolute Gasteiger partial charge is 0.269 e. The van der Waals surface area contributed by atoms with E-state index in [2.05, 4.69) is 20.5 Å². The summed E-state index contributed by atoms with van der Waals surface area (Å²) in [5.41, 5.74) is 14.9. The highest BCUT2D eigenvalue weighted by atomic mass is 16.5. The van der Waals surface area contributed by atoms with Crippen LogP contribution in [0.15, 0.2) is 42.6 Å². The average molecular weight is 457 g/mol. The predicted octanol–water partition coefficient (Wildman–Crippen LogP) is 2.79. The van der Waals surface area contributed by atoms with E-state index in [1.807, 2.05) is 19.1 Å². The van der Waals surface area contributed by atoms with Crippen molar-refractivity contribution in [3.05, 3.63) is 53.9 Å². The van der Waals surface area contributed by atoms with E-state index in [0.29, 0.717) is 35.3 Å². The van der Waals surface area contributed by atoms with Crippen LogP contribution in [0.4, 0.5) is 11.4 Å². The lowest BCUT2D eigenvalue weighted by Gasteiger charge is -2.17. The van der Waals surface area contributed by atoms with E-state index in [1.165, 1.54) is 7.11 Å². The second-order valence-electron chi connectivity index (χ2n) is 8.31. The fourth-order valence-electron chi connectivity index (χ4n) is 4.07. The first kappa shape index (κ1) is 21.5. The van der Waals surface area contributed by atoms with Crippen molar-refractivity contribution in [2.45, 2.75) is 25.4 Å². The number of aryl methyl sites for hydroxylation is 1. The van der Waals surface area contributed by atoms with Gasteiger partial charge < -0.3 is 21.5 Å². The summed E-state index contributed by atoms with van der Waals surface area (Å²) < 4.78 is 5.39. The molecular weight excluding hydrogens is 434 g/mol. The van der Waals surface area contributed by atoms with E-state index in [9.17, 15) is 9.59 Å². The number of carbonyl (C=O) groups is 2. The molecule has 0 radical (unpaired) electrons. The minimum absolute atomic E-state index is 0.0749. The molecule has 0 spiro atoms. The maximum atomic E-state index is 12.8. The topological polar surface area (TPSA) is 162 Å². The molecule has 0 bridgehead atoms. The number of benzene rings is 2. The van der Waals surface area contributed by atoms with Gasteiger partial charge in [0.05, 0.1) is 28.8 Å². The van der Waals surface area contributed by atoms with Crippen molar-refractivity contribution in [1.82, 2.24) is 20.2 Å². The zero-order valence-corrected chi connectivity index (χ0v) is 18.7. The number of aromatic amines is 1. The third kappa shape index (κ3) is 3.44. The van der Waals surface area contributed by atoms with Gasteiger partial charge in [-0.2, -0.15) is 5.10 Å². The van der Waals surface area contributed by atoms with Crippen molar-refractivity contribution in [2.24, 2.45) is 5.73 Å². The van der Waals surface area contributed by atoms with Crippen molar-refractivity contribution < 1.29 is 14.3 Å². The summed E-state index contributed by atoms with van der Waals surface area (Å²) in [5.74, 6) is -0.819. The molecule has 2 aromatic heterocycles. The highest BCUT2D eigenvalue weighted by molar-refractivity contribution is 6.05. The number of rotatable bonds is 6. The van der Waals surface area contributed by atoms with E-state index in [-0.39, 0.29) is 23.1 Å². The van der Waals surface area contributed by atoms with Gasteiger partial charge in [0, 0.05) is 23.6 Å². The molecule has 1 saturated carbocycles. The first-order valence-electron chi connectivity index (χ1n) is 10.7. The number of H-pyrrole nitrogens is 1. The van der Waals surface area contributed by atoms with E-state index in [0.717, 1.165) is 16.5 Å². The lowest BCUT2D eigenvalue weighted by Crippen LogP contribution is -2.31. The molecule has 0 atom stereocenters. The van der Waals surface area contributed by atoms with Gasteiger partial charge >= 0.3 is 0 Å². The Morgan fingerprint density at radius 1 is 1.15 bits per heavy atom. The summed E-state index contributed by atoms with van der Waals surface area (Å²) >= 11 is 0. The molecule has 2 aromatic carbocycles. The Bertz CT molecular complexity index is 1460. The molecular formula is C24H23N7O3. The average Bonchev–Trinajstić information content (AvgIpc) is 3.50. The minimum atomic E-state index is -0.813. The standard InChI is InChI=1S/C24H23N7O3/c1-12-7-8-16-14(11-27-31-16)17(12)19-18(25)20(21(26)32)30-22(29-19)13-5-3-4-6-15(13)28-23(33)24(34-2)9-10-24/h3-8,11H,9-10,25H2,1-2H3,(H2,26,32)(H,27,31)(H,28,33). The summed E-state index contributed by atoms with van der Waals surface area (Å²) in [5, 5.41) is 10.8. The van der Waals surface area contributed by atoms with Crippen molar-refractivity contribution in [1.29, 1.82) is 0 Å². The molecule has 0 unspecified atom stereocenters. The van der Waals surface area contributed by atoms with Gasteiger partial charge in [0.1, 0.15) is 5.60 Å². The SMILES string of the molecule is COC1(C(=O)Nc2ccccc2-c2nc(C(N)=O)c(N)c(-c3c(C)ccc4[nH]ncc34)n2)CC1. The van der Waals surface area contributed by atoms with Gasteiger partial charge in [-0.3, -0.25) is 14.7 Å². The van der Waals surface area contributed by atoms with Crippen LogP contribution in [0.1, 0.15) is 28.9 Å². The van der Waals surface area contributed by atoms with Crippen LogP contribution in [0.5, 0.6) is 0 Å². The van der Waals surface area contributed by atoms with Gasteiger partial charge in [0.2, 0.25) is 0 Å². The number of ether oxygens (including phenoxy) is 1. The molecule has 1 fully saturated rings. The van der Waals surface area contributed by atoms with Gasteiger partial charge in [-0.15, -0.1) is 0 Å². The van der Waals surface area contributed by atoms with Gasteiger partial charge in [-0.25, -0.2) is 9.97 Å². The Balaban J connectivity index is 1.70. The molecule has 10 nitrogen and oxygen atoms in total. The Labute approximate surface area is 194 Å². The summed E-state index contributed by atoms with van der Waals surface area (Å²) in [6.07, 6.45) is 2.98. The molecule has 34 heavy (non-hydrogen) atoms. The monoisotopic (exact) mass is 457 g/mol. The fraction of sp³-hybridized carbons (Fsp3) is 0.208. The number of hydrogen-bond acceptors (Lipinski definition) is 7. The van der Waals surface area contributed by atoms with E-state index in [1.54, 1.807) is 30.5 Å². The normalized spacial score (nSPS) is 14.2. The van der Waals surface area contributed by atoms with Crippen LogP contribution in [0.2, 0.25) is 0 Å². The number of nitrogens with zero attached hydrogens (tertiary/aromatic N) is 3. The second kappa shape index (κ2) is 7.92. The number of methoxy groups -OCH3 is 1.